The van der Waals surface area contributed by atoms with E-state index in [4.69, 9.17) is 5.11 Å². The van der Waals surface area contributed by atoms with Crippen LogP contribution in [0.1, 0.15) is 84.0 Å². The third-order valence-corrected chi connectivity index (χ3v) is 3.46. The van der Waals surface area contributed by atoms with Crippen LogP contribution in [0.4, 0.5) is 0 Å². The summed E-state index contributed by atoms with van der Waals surface area (Å²) in [6, 6.07) is 0. The standard InChI is InChI=1S/C18H32O2/c1-2-3-4-5-6-7-8-9-10-11-12-13-14-15-16-17-18(19)20/h14-17H,2-13H2,1H3,(H,19,20)/b15-14+,17-16+. The lowest BCUT2D eigenvalue weighted by Gasteiger charge is -2.01. The maximum atomic E-state index is 10.2. The van der Waals surface area contributed by atoms with Gasteiger partial charge in [0, 0.05) is 6.08 Å². The van der Waals surface area contributed by atoms with E-state index >= 15 is 0 Å². The molecule has 1 N–H and O–H groups in total. The van der Waals surface area contributed by atoms with Crippen molar-refractivity contribution in [3.63, 3.8) is 0 Å². The van der Waals surface area contributed by atoms with Crippen molar-refractivity contribution >= 4 is 5.97 Å². The summed E-state index contributed by atoms with van der Waals surface area (Å²) in [6.45, 7) is 2.26. The smallest absolute Gasteiger partial charge is 0.328 e. The summed E-state index contributed by atoms with van der Waals surface area (Å²) in [4.78, 5) is 10.2. The van der Waals surface area contributed by atoms with E-state index in [9.17, 15) is 4.79 Å². The average molecular weight is 280 g/mol. The van der Waals surface area contributed by atoms with Gasteiger partial charge in [-0.25, -0.2) is 4.79 Å². The van der Waals surface area contributed by atoms with Crippen LogP contribution in [-0.2, 0) is 4.79 Å². The zero-order valence-electron chi connectivity index (χ0n) is 13.2. The molecule has 2 heteroatoms. The molecule has 0 aromatic rings. The van der Waals surface area contributed by atoms with Crippen molar-refractivity contribution in [1.82, 2.24) is 0 Å². The number of allylic oxidation sites excluding steroid dienone is 3. The van der Waals surface area contributed by atoms with Crippen LogP contribution in [-0.4, -0.2) is 11.1 Å². The molecule has 0 aliphatic rings. The molecule has 0 spiro atoms. The minimum Gasteiger partial charge on any atom is -0.478 e. The van der Waals surface area contributed by atoms with E-state index in [1.54, 1.807) is 6.08 Å². The molecule has 0 rings (SSSR count). The highest BCUT2D eigenvalue weighted by molar-refractivity contribution is 5.80. The fourth-order valence-electron chi connectivity index (χ4n) is 2.24. The predicted molar refractivity (Wildman–Crippen MR) is 87.0 cm³/mol. The van der Waals surface area contributed by atoms with Crippen molar-refractivity contribution in [2.24, 2.45) is 0 Å². The molecule has 0 atom stereocenters. The van der Waals surface area contributed by atoms with Gasteiger partial charge in [0.25, 0.3) is 0 Å². The van der Waals surface area contributed by atoms with Gasteiger partial charge in [0.2, 0.25) is 0 Å². The molecule has 0 aromatic carbocycles. The van der Waals surface area contributed by atoms with Crippen molar-refractivity contribution in [2.45, 2.75) is 84.0 Å². The van der Waals surface area contributed by atoms with Gasteiger partial charge in [-0.1, -0.05) is 89.4 Å². The summed E-state index contributed by atoms with van der Waals surface area (Å²) in [7, 11) is 0. The largest absolute Gasteiger partial charge is 0.478 e. The highest BCUT2D eigenvalue weighted by Gasteiger charge is 1.92. The van der Waals surface area contributed by atoms with E-state index in [2.05, 4.69) is 6.92 Å². The maximum absolute atomic E-state index is 10.2. The summed E-state index contributed by atoms with van der Waals surface area (Å²) in [5.74, 6) is -0.885. The number of carbonyl (C=O) groups is 1. The van der Waals surface area contributed by atoms with Gasteiger partial charge in [-0.15, -0.1) is 0 Å². The van der Waals surface area contributed by atoms with Gasteiger partial charge >= 0.3 is 5.97 Å². The minimum absolute atomic E-state index is 0.885. The van der Waals surface area contributed by atoms with E-state index in [-0.39, 0.29) is 0 Å². The Balaban J connectivity index is 3.11. The maximum Gasteiger partial charge on any atom is 0.328 e. The molecule has 0 unspecified atom stereocenters. The van der Waals surface area contributed by atoms with E-state index in [0.29, 0.717) is 0 Å². The van der Waals surface area contributed by atoms with Crippen molar-refractivity contribution in [3.8, 4) is 0 Å². The highest BCUT2D eigenvalue weighted by atomic mass is 16.4. The Morgan fingerprint density at radius 1 is 0.800 bits per heavy atom. The van der Waals surface area contributed by atoms with Gasteiger partial charge in [0.15, 0.2) is 0 Å². The van der Waals surface area contributed by atoms with E-state index in [1.807, 2.05) is 12.2 Å². The van der Waals surface area contributed by atoms with Gasteiger partial charge in [-0.2, -0.15) is 0 Å². The summed E-state index contributed by atoms with van der Waals surface area (Å²) >= 11 is 0. The van der Waals surface area contributed by atoms with Gasteiger partial charge in [-0.3, -0.25) is 0 Å². The first-order valence-corrected chi connectivity index (χ1v) is 8.33. The number of aliphatic carboxylic acids is 1. The molecule has 0 bridgehead atoms. The topological polar surface area (TPSA) is 37.3 Å². The molecular weight excluding hydrogens is 248 g/mol. The number of carboxylic acid groups (broad SMARTS) is 1. The summed E-state index contributed by atoms with van der Waals surface area (Å²) < 4.78 is 0. The Bertz CT molecular complexity index is 267. The molecule has 0 aliphatic carbocycles. The second-order valence-corrected chi connectivity index (χ2v) is 5.45. The lowest BCUT2D eigenvalue weighted by Crippen LogP contribution is -1.84. The van der Waals surface area contributed by atoms with Gasteiger partial charge < -0.3 is 5.11 Å². The van der Waals surface area contributed by atoms with Gasteiger partial charge in [-0.05, 0) is 12.8 Å². The first kappa shape index (κ1) is 18.9. The lowest BCUT2D eigenvalue weighted by atomic mass is 10.1. The molecule has 0 saturated heterocycles. The number of hydrogen-bond donors (Lipinski definition) is 1. The van der Waals surface area contributed by atoms with Crippen molar-refractivity contribution in [3.05, 3.63) is 24.3 Å². The zero-order valence-corrected chi connectivity index (χ0v) is 13.2. The van der Waals surface area contributed by atoms with Crippen LogP contribution in [0.3, 0.4) is 0 Å². The van der Waals surface area contributed by atoms with Crippen LogP contribution in [0, 0.1) is 0 Å². The third-order valence-electron chi connectivity index (χ3n) is 3.46. The van der Waals surface area contributed by atoms with Crippen molar-refractivity contribution in [2.75, 3.05) is 0 Å². The predicted octanol–water partition coefficient (Wildman–Crippen LogP) is 5.88. The highest BCUT2D eigenvalue weighted by Crippen LogP contribution is 2.11. The number of carboxylic acids is 1. The van der Waals surface area contributed by atoms with Crippen LogP contribution in [0.5, 0.6) is 0 Å². The van der Waals surface area contributed by atoms with Crippen LogP contribution in [0.2, 0.25) is 0 Å². The second kappa shape index (κ2) is 16.0. The SMILES string of the molecule is CCCCCCCCCCCCC/C=C/C=C/C(=O)O. The van der Waals surface area contributed by atoms with Crippen LogP contribution >= 0.6 is 0 Å². The molecule has 0 amide bonds. The first-order valence-electron chi connectivity index (χ1n) is 8.33. The molecule has 0 heterocycles. The Morgan fingerprint density at radius 2 is 1.30 bits per heavy atom. The lowest BCUT2D eigenvalue weighted by molar-refractivity contribution is -0.131. The monoisotopic (exact) mass is 280 g/mol. The molecule has 116 valence electrons. The average Bonchev–Trinajstić information content (AvgIpc) is 2.43. The van der Waals surface area contributed by atoms with Gasteiger partial charge in [0.1, 0.15) is 0 Å². The van der Waals surface area contributed by atoms with Crippen molar-refractivity contribution < 1.29 is 9.90 Å². The Morgan fingerprint density at radius 3 is 1.80 bits per heavy atom. The van der Waals surface area contributed by atoms with Crippen LogP contribution in [0.15, 0.2) is 24.3 Å². The summed E-state index contributed by atoms with van der Waals surface area (Å²) in [5.41, 5.74) is 0. The van der Waals surface area contributed by atoms with Crippen LogP contribution in [0.25, 0.3) is 0 Å². The first-order chi connectivity index (χ1) is 9.77. The quantitative estimate of drug-likeness (QED) is 0.245. The molecule has 20 heavy (non-hydrogen) atoms. The van der Waals surface area contributed by atoms with E-state index < -0.39 is 5.97 Å². The fraction of sp³-hybridized carbons (Fsp3) is 0.722. The van der Waals surface area contributed by atoms with Gasteiger partial charge in [0.05, 0.1) is 0 Å². The Labute approximate surface area is 125 Å². The normalized spacial score (nSPS) is 11.7. The molecule has 0 aliphatic heterocycles. The number of rotatable bonds is 14. The number of unbranched alkanes of at least 4 members (excludes halogenated alkanes) is 11. The fourth-order valence-corrected chi connectivity index (χ4v) is 2.24. The second-order valence-electron chi connectivity index (χ2n) is 5.45. The summed E-state index contributed by atoms with van der Waals surface area (Å²) in [5, 5.41) is 8.40. The molecule has 0 fully saturated rings. The molecule has 0 radical (unpaired) electrons. The number of hydrogen-bond acceptors (Lipinski definition) is 1. The molecule has 0 aromatic heterocycles. The summed E-state index contributed by atoms with van der Waals surface area (Å²) in [6.07, 6.45) is 22.7. The third kappa shape index (κ3) is 16.9. The van der Waals surface area contributed by atoms with Crippen molar-refractivity contribution in [1.29, 1.82) is 0 Å². The Hall–Kier alpha value is -1.05. The van der Waals surface area contributed by atoms with E-state index in [1.165, 1.54) is 70.6 Å². The van der Waals surface area contributed by atoms with Crippen LogP contribution < -0.4 is 0 Å². The Kier molecular flexibility index (Phi) is 15.2. The molecular formula is C18H32O2. The van der Waals surface area contributed by atoms with E-state index in [0.717, 1.165) is 12.5 Å². The molecule has 2 nitrogen and oxygen atoms in total. The zero-order chi connectivity index (χ0) is 14.9. The molecule has 0 saturated carbocycles. The minimum atomic E-state index is -0.885.